The Balaban J connectivity index is 1.68. The van der Waals surface area contributed by atoms with Crippen LogP contribution in [0.1, 0.15) is 41.6 Å². The molecule has 3 rings (SSSR count). The number of halogens is 1. The predicted octanol–water partition coefficient (Wildman–Crippen LogP) is 3.89. The summed E-state index contributed by atoms with van der Waals surface area (Å²) in [6.07, 6.45) is 4.27. The summed E-state index contributed by atoms with van der Waals surface area (Å²) in [5.41, 5.74) is 1.23. The van der Waals surface area contributed by atoms with Gasteiger partial charge in [-0.1, -0.05) is 30.5 Å². The number of carbonyl (C=O) groups is 1. The van der Waals surface area contributed by atoms with Gasteiger partial charge in [-0.05, 0) is 55.2 Å². The second-order valence-electron chi connectivity index (χ2n) is 7.66. The number of methoxy groups -OCH3 is 2. The Bertz CT molecular complexity index is 1050. The topological polar surface area (TPSA) is 84.9 Å². The lowest BCUT2D eigenvalue weighted by Gasteiger charge is -2.21. The molecule has 0 spiro atoms. The summed E-state index contributed by atoms with van der Waals surface area (Å²) >= 11 is 6.22. The van der Waals surface area contributed by atoms with Crippen molar-refractivity contribution in [3.63, 3.8) is 0 Å². The van der Waals surface area contributed by atoms with Crippen molar-refractivity contribution in [3.8, 4) is 11.5 Å². The number of hydrogen-bond acceptors (Lipinski definition) is 5. The highest BCUT2D eigenvalue weighted by atomic mass is 35.5. The van der Waals surface area contributed by atoms with Crippen LogP contribution in [0.15, 0.2) is 41.3 Å². The molecule has 0 saturated carbocycles. The highest BCUT2D eigenvalue weighted by Crippen LogP contribution is 2.29. The number of sulfonamides is 1. The minimum absolute atomic E-state index is 0.0198. The Kier molecular flexibility index (Phi) is 8.39. The van der Waals surface area contributed by atoms with Gasteiger partial charge in [0.2, 0.25) is 10.0 Å². The molecular weight excluding hydrogens is 452 g/mol. The second-order valence-corrected chi connectivity index (χ2v) is 9.97. The molecule has 1 aliphatic heterocycles. The van der Waals surface area contributed by atoms with Gasteiger partial charge in [-0.25, -0.2) is 8.42 Å². The standard InChI is InChI=1S/C23H29ClN2O5S/c1-30-20-10-7-17(15-21(20)31-2)11-12-25-23(27)18-8-9-19(24)22(16-18)32(28,29)26-13-5-3-4-6-14-26/h7-10,15-16H,3-6,11-14H2,1-2H3,(H,25,27). The summed E-state index contributed by atoms with van der Waals surface area (Å²) in [6, 6.07) is 9.95. The van der Waals surface area contributed by atoms with Crippen LogP contribution in [0.4, 0.5) is 0 Å². The lowest BCUT2D eigenvalue weighted by Crippen LogP contribution is -2.32. The van der Waals surface area contributed by atoms with Crippen LogP contribution in [0, 0.1) is 0 Å². The first-order valence-electron chi connectivity index (χ1n) is 10.7. The molecule has 1 heterocycles. The van der Waals surface area contributed by atoms with Crippen LogP contribution in [0.5, 0.6) is 11.5 Å². The Hall–Kier alpha value is -2.29. The van der Waals surface area contributed by atoms with E-state index in [0.717, 1.165) is 31.2 Å². The van der Waals surface area contributed by atoms with Crippen molar-refractivity contribution >= 4 is 27.5 Å². The van der Waals surface area contributed by atoms with Crippen molar-refractivity contribution < 1.29 is 22.7 Å². The Morgan fingerprint density at radius 3 is 2.34 bits per heavy atom. The summed E-state index contributed by atoms with van der Waals surface area (Å²) < 4.78 is 38.3. The molecule has 174 valence electrons. The van der Waals surface area contributed by atoms with Crippen LogP contribution < -0.4 is 14.8 Å². The number of benzene rings is 2. The molecule has 32 heavy (non-hydrogen) atoms. The van der Waals surface area contributed by atoms with Gasteiger partial charge >= 0.3 is 0 Å². The highest BCUT2D eigenvalue weighted by Gasteiger charge is 2.28. The Labute approximate surface area is 194 Å². The number of rotatable bonds is 8. The fourth-order valence-electron chi connectivity index (χ4n) is 3.72. The van der Waals surface area contributed by atoms with Gasteiger partial charge in [0.1, 0.15) is 4.90 Å². The van der Waals surface area contributed by atoms with Crippen molar-refractivity contribution in [2.24, 2.45) is 0 Å². The molecule has 0 aromatic heterocycles. The Morgan fingerprint density at radius 2 is 1.69 bits per heavy atom. The maximum absolute atomic E-state index is 13.1. The SMILES string of the molecule is COc1ccc(CCNC(=O)c2ccc(Cl)c(S(=O)(=O)N3CCCCCC3)c2)cc1OC. The molecule has 1 fully saturated rings. The van der Waals surface area contributed by atoms with Crippen molar-refractivity contribution in [1.29, 1.82) is 0 Å². The monoisotopic (exact) mass is 480 g/mol. The van der Waals surface area contributed by atoms with Gasteiger partial charge in [-0.3, -0.25) is 4.79 Å². The van der Waals surface area contributed by atoms with Crippen LogP contribution >= 0.6 is 11.6 Å². The van der Waals surface area contributed by atoms with E-state index in [0.29, 0.717) is 37.6 Å². The molecule has 1 saturated heterocycles. The van der Waals surface area contributed by atoms with Gasteiger partial charge in [-0.15, -0.1) is 0 Å². The van der Waals surface area contributed by atoms with Crippen molar-refractivity contribution in [2.75, 3.05) is 33.9 Å². The molecule has 0 aliphatic carbocycles. The quantitative estimate of drug-likeness (QED) is 0.619. The molecule has 2 aromatic rings. The van der Waals surface area contributed by atoms with E-state index in [9.17, 15) is 13.2 Å². The Morgan fingerprint density at radius 1 is 1.00 bits per heavy atom. The summed E-state index contributed by atoms with van der Waals surface area (Å²) in [4.78, 5) is 12.7. The van der Waals surface area contributed by atoms with Crippen molar-refractivity contribution in [1.82, 2.24) is 9.62 Å². The van der Waals surface area contributed by atoms with Crippen LogP contribution in [-0.2, 0) is 16.4 Å². The lowest BCUT2D eigenvalue weighted by molar-refractivity contribution is 0.0954. The number of carbonyl (C=O) groups excluding carboxylic acids is 1. The molecule has 7 nitrogen and oxygen atoms in total. The van der Waals surface area contributed by atoms with Crippen LogP contribution in [0.25, 0.3) is 0 Å². The van der Waals surface area contributed by atoms with Gasteiger partial charge in [0.25, 0.3) is 5.91 Å². The van der Waals surface area contributed by atoms with Gasteiger partial charge in [0.15, 0.2) is 11.5 Å². The minimum atomic E-state index is -3.75. The molecule has 1 amide bonds. The first-order valence-corrected chi connectivity index (χ1v) is 12.5. The molecule has 1 aliphatic rings. The average molecular weight is 481 g/mol. The number of hydrogen-bond donors (Lipinski definition) is 1. The third-order valence-corrected chi connectivity index (χ3v) is 7.90. The van der Waals surface area contributed by atoms with Crippen LogP contribution in [0.2, 0.25) is 5.02 Å². The van der Waals surface area contributed by atoms with Gasteiger partial charge in [0.05, 0.1) is 19.2 Å². The molecule has 0 radical (unpaired) electrons. The lowest BCUT2D eigenvalue weighted by atomic mass is 10.1. The van der Waals surface area contributed by atoms with Crippen molar-refractivity contribution in [3.05, 3.63) is 52.5 Å². The smallest absolute Gasteiger partial charge is 0.251 e. The fourth-order valence-corrected chi connectivity index (χ4v) is 5.74. The number of nitrogens with one attached hydrogen (secondary N) is 1. The summed E-state index contributed by atoms with van der Waals surface area (Å²) in [7, 11) is -0.609. The molecular formula is C23H29ClN2O5S. The normalized spacial score (nSPS) is 15.1. The van der Waals surface area contributed by atoms with E-state index in [4.69, 9.17) is 21.1 Å². The predicted molar refractivity (Wildman–Crippen MR) is 124 cm³/mol. The third kappa shape index (κ3) is 5.74. The summed E-state index contributed by atoms with van der Waals surface area (Å²) in [5, 5.41) is 2.96. The zero-order valence-electron chi connectivity index (χ0n) is 18.4. The largest absolute Gasteiger partial charge is 0.493 e. The molecule has 0 unspecified atom stereocenters. The van der Waals surface area contributed by atoms with E-state index in [1.807, 2.05) is 18.2 Å². The van der Waals surface area contributed by atoms with E-state index < -0.39 is 10.0 Å². The molecule has 1 N–H and O–H groups in total. The van der Waals surface area contributed by atoms with E-state index in [1.165, 1.54) is 22.5 Å². The first kappa shape index (κ1) is 24.4. The molecule has 2 aromatic carbocycles. The zero-order chi connectivity index (χ0) is 23.1. The highest BCUT2D eigenvalue weighted by molar-refractivity contribution is 7.89. The fraction of sp³-hybridized carbons (Fsp3) is 0.435. The first-order chi connectivity index (χ1) is 15.4. The van der Waals surface area contributed by atoms with E-state index in [-0.39, 0.29) is 21.4 Å². The van der Waals surface area contributed by atoms with Crippen LogP contribution in [-0.4, -0.2) is 52.5 Å². The van der Waals surface area contributed by atoms with Gasteiger partial charge in [0, 0.05) is 25.2 Å². The van der Waals surface area contributed by atoms with Gasteiger partial charge < -0.3 is 14.8 Å². The number of amides is 1. The number of ether oxygens (including phenoxy) is 2. The van der Waals surface area contributed by atoms with E-state index >= 15 is 0 Å². The molecule has 0 atom stereocenters. The van der Waals surface area contributed by atoms with E-state index in [2.05, 4.69) is 5.32 Å². The van der Waals surface area contributed by atoms with Crippen LogP contribution in [0.3, 0.4) is 0 Å². The summed E-state index contributed by atoms with van der Waals surface area (Å²) in [6.45, 7) is 1.33. The third-order valence-electron chi connectivity index (χ3n) is 5.52. The second kappa shape index (κ2) is 11.0. The average Bonchev–Trinajstić information content (AvgIpc) is 3.09. The maximum atomic E-state index is 13.1. The zero-order valence-corrected chi connectivity index (χ0v) is 20.0. The molecule has 9 heteroatoms. The maximum Gasteiger partial charge on any atom is 0.251 e. The summed E-state index contributed by atoms with van der Waals surface area (Å²) in [5.74, 6) is 0.909. The molecule has 0 bridgehead atoms. The van der Waals surface area contributed by atoms with Gasteiger partial charge in [-0.2, -0.15) is 4.31 Å². The van der Waals surface area contributed by atoms with Crippen molar-refractivity contribution in [2.45, 2.75) is 37.0 Å². The number of nitrogens with zero attached hydrogens (tertiary/aromatic N) is 1. The minimum Gasteiger partial charge on any atom is -0.493 e. The van der Waals surface area contributed by atoms with E-state index in [1.54, 1.807) is 14.2 Å².